The zero-order valence-corrected chi connectivity index (χ0v) is 9.33. The number of hydrogen-bond acceptors (Lipinski definition) is 3. The summed E-state index contributed by atoms with van der Waals surface area (Å²) in [4.78, 5) is 11.3. The number of ether oxygens (including phenoxy) is 1. The van der Waals surface area contributed by atoms with Gasteiger partial charge in [-0.2, -0.15) is 18.3 Å². The van der Waals surface area contributed by atoms with Gasteiger partial charge in [0.2, 0.25) is 0 Å². The fraction of sp³-hybridized carbons (Fsp3) is 0.600. The van der Waals surface area contributed by atoms with Crippen molar-refractivity contribution in [1.29, 1.82) is 0 Å². The maximum absolute atomic E-state index is 11.7. The highest BCUT2D eigenvalue weighted by molar-refractivity contribution is 5.80. The lowest BCUT2D eigenvalue weighted by atomic mass is 10.2. The van der Waals surface area contributed by atoms with Gasteiger partial charge in [-0.1, -0.05) is 0 Å². The van der Waals surface area contributed by atoms with Gasteiger partial charge in [0.05, 0.1) is 18.7 Å². The van der Waals surface area contributed by atoms with Crippen molar-refractivity contribution >= 4 is 5.78 Å². The number of hydrogen-bond donors (Lipinski definition) is 0. The molecule has 0 radical (unpaired) electrons. The predicted molar refractivity (Wildman–Crippen MR) is 53.4 cm³/mol. The Bertz CT molecular complexity index is 374. The highest BCUT2D eigenvalue weighted by atomic mass is 19.4. The highest BCUT2D eigenvalue weighted by Gasteiger charge is 2.27. The molecule has 1 aromatic rings. The van der Waals surface area contributed by atoms with Crippen LogP contribution < -0.4 is 0 Å². The van der Waals surface area contributed by atoms with E-state index in [1.165, 1.54) is 0 Å². The molecule has 7 heteroatoms. The van der Waals surface area contributed by atoms with E-state index in [4.69, 9.17) is 0 Å². The summed E-state index contributed by atoms with van der Waals surface area (Å²) in [5.74, 6) is -0.189. The highest BCUT2D eigenvalue weighted by Crippen LogP contribution is 2.14. The van der Waals surface area contributed by atoms with Crippen molar-refractivity contribution in [3.63, 3.8) is 0 Å². The van der Waals surface area contributed by atoms with Crippen molar-refractivity contribution in [2.45, 2.75) is 19.0 Å². The Morgan fingerprint density at radius 2 is 2.24 bits per heavy atom. The van der Waals surface area contributed by atoms with E-state index in [2.05, 4.69) is 9.84 Å². The molecule has 0 saturated heterocycles. The Labute approximate surface area is 96.4 Å². The van der Waals surface area contributed by atoms with Crippen LogP contribution in [0.2, 0.25) is 0 Å². The van der Waals surface area contributed by atoms with Gasteiger partial charge in [0.15, 0.2) is 0 Å². The van der Waals surface area contributed by atoms with Gasteiger partial charge in [0.25, 0.3) is 0 Å². The molecule has 0 atom stereocenters. The number of rotatable bonds is 6. The first-order chi connectivity index (χ1) is 7.87. The first-order valence-corrected chi connectivity index (χ1v) is 5.01. The molecule has 0 fully saturated rings. The predicted octanol–water partition coefficient (Wildman–Crippen LogP) is 1.50. The maximum atomic E-state index is 11.7. The minimum atomic E-state index is -4.34. The molecule has 4 nitrogen and oxygen atoms in total. The average molecular weight is 250 g/mol. The SMILES string of the molecule is Cn1ccc(CC(=O)CCOCC(F)(F)F)n1. The second-order valence-corrected chi connectivity index (χ2v) is 3.61. The van der Waals surface area contributed by atoms with Gasteiger partial charge in [-0.05, 0) is 6.07 Å². The molecule has 0 bridgehead atoms. The summed E-state index contributed by atoms with van der Waals surface area (Å²) in [5, 5.41) is 3.99. The molecule has 0 spiro atoms. The van der Waals surface area contributed by atoms with Gasteiger partial charge in [0, 0.05) is 19.7 Å². The summed E-state index contributed by atoms with van der Waals surface area (Å²) in [6.45, 7) is -1.53. The second kappa shape index (κ2) is 5.81. The lowest BCUT2D eigenvalue weighted by molar-refractivity contribution is -0.174. The molecule has 0 aliphatic heterocycles. The summed E-state index contributed by atoms with van der Waals surface area (Å²) >= 11 is 0. The number of ketones is 1. The van der Waals surface area contributed by atoms with Crippen LogP contribution >= 0.6 is 0 Å². The Balaban J connectivity index is 2.18. The molecule has 0 amide bonds. The first-order valence-electron chi connectivity index (χ1n) is 5.01. The third-order valence-electron chi connectivity index (χ3n) is 1.94. The van der Waals surface area contributed by atoms with Crippen molar-refractivity contribution < 1.29 is 22.7 Å². The van der Waals surface area contributed by atoms with Gasteiger partial charge in [0.1, 0.15) is 12.4 Å². The summed E-state index contributed by atoms with van der Waals surface area (Å²) in [6.07, 6.45) is -2.56. The molecule has 1 aromatic heterocycles. The van der Waals surface area contributed by atoms with Gasteiger partial charge >= 0.3 is 6.18 Å². The van der Waals surface area contributed by atoms with Crippen molar-refractivity contribution in [1.82, 2.24) is 9.78 Å². The van der Waals surface area contributed by atoms with Crippen LogP contribution in [0.25, 0.3) is 0 Å². The normalized spacial score (nSPS) is 11.8. The molecular weight excluding hydrogens is 237 g/mol. The molecule has 1 heterocycles. The van der Waals surface area contributed by atoms with Crippen LogP contribution in [-0.4, -0.2) is 35.0 Å². The lowest BCUT2D eigenvalue weighted by Crippen LogP contribution is -2.18. The van der Waals surface area contributed by atoms with Gasteiger partial charge in [-0.3, -0.25) is 9.48 Å². The van der Waals surface area contributed by atoms with Crippen LogP contribution in [0.3, 0.4) is 0 Å². The standard InChI is InChI=1S/C10H13F3N2O2/c1-15-4-2-8(14-15)6-9(16)3-5-17-7-10(11,12)13/h2,4H,3,5-7H2,1H3. The van der Waals surface area contributed by atoms with E-state index in [9.17, 15) is 18.0 Å². The van der Waals surface area contributed by atoms with E-state index in [-0.39, 0.29) is 25.2 Å². The quantitative estimate of drug-likeness (QED) is 0.719. The van der Waals surface area contributed by atoms with E-state index in [1.54, 1.807) is 24.0 Å². The number of carbonyl (C=O) groups excluding carboxylic acids is 1. The number of aryl methyl sites for hydroxylation is 1. The number of carbonyl (C=O) groups is 1. The van der Waals surface area contributed by atoms with E-state index in [0.717, 1.165) is 0 Å². The topological polar surface area (TPSA) is 44.1 Å². The average Bonchev–Trinajstić information content (AvgIpc) is 2.57. The molecule has 0 aromatic carbocycles. The zero-order chi connectivity index (χ0) is 12.9. The van der Waals surface area contributed by atoms with Crippen LogP contribution in [0, 0.1) is 0 Å². The molecule has 0 N–H and O–H groups in total. The number of aromatic nitrogens is 2. The van der Waals surface area contributed by atoms with Gasteiger partial charge in [-0.25, -0.2) is 0 Å². The van der Waals surface area contributed by atoms with E-state index in [1.807, 2.05) is 0 Å². The van der Waals surface area contributed by atoms with E-state index in [0.29, 0.717) is 5.69 Å². The molecule has 1 rings (SSSR count). The van der Waals surface area contributed by atoms with E-state index >= 15 is 0 Å². The summed E-state index contributed by atoms with van der Waals surface area (Å²) in [6, 6.07) is 1.69. The number of alkyl halides is 3. The zero-order valence-electron chi connectivity index (χ0n) is 9.33. The van der Waals surface area contributed by atoms with Crippen LogP contribution in [0.5, 0.6) is 0 Å². The molecule has 96 valence electrons. The molecule has 0 saturated carbocycles. The van der Waals surface area contributed by atoms with Gasteiger partial charge < -0.3 is 4.74 Å². The first kappa shape index (κ1) is 13.7. The Morgan fingerprint density at radius 3 is 2.76 bits per heavy atom. The number of nitrogens with zero attached hydrogens (tertiary/aromatic N) is 2. The largest absolute Gasteiger partial charge is 0.411 e. The molecule has 0 unspecified atom stereocenters. The van der Waals surface area contributed by atoms with Crippen LogP contribution in [0.4, 0.5) is 13.2 Å². The molecule has 0 aliphatic carbocycles. The van der Waals surface area contributed by atoms with Gasteiger partial charge in [-0.15, -0.1) is 0 Å². The van der Waals surface area contributed by atoms with Crippen molar-refractivity contribution in [3.8, 4) is 0 Å². The third kappa shape index (κ3) is 6.06. The number of halogens is 3. The maximum Gasteiger partial charge on any atom is 0.411 e. The van der Waals surface area contributed by atoms with E-state index < -0.39 is 12.8 Å². The fourth-order valence-corrected chi connectivity index (χ4v) is 1.22. The summed E-state index contributed by atoms with van der Waals surface area (Å²) in [7, 11) is 1.72. The smallest absolute Gasteiger partial charge is 0.372 e. The Morgan fingerprint density at radius 1 is 1.53 bits per heavy atom. The molecule has 0 aliphatic rings. The monoisotopic (exact) mass is 250 g/mol. The summed E-state index contributed by atoms with van der Waals surface area (Å²) < 4.78 is 41.0. The second-order valence-electron chi connectivity index (χ2n) is 3.61. The van der Waals surface area contributed by atoms with Crippen LogP contribution in [-0.2, 0) is 23.0 Å². The molecular formula is C10H13F3N2O2. The minimum absolute atomic E-state index is 0.0351. The third-order valence-corrected chi connectivity index (χ3v) is 1.94. The lowest BCUT2D eigenvalue weighted by Gasteiger charge is -2.06. The summed E-state index contributed by atoms with van der Waals surface area (Å²) in [5.41, 5.74) is 0.605. The van der Waals surface area contributed by atoms with Crippen LogP contribution in [0.1, 0.15) is 12.1 Å². The van der Waals surface area contributed by atoms with Crippen molar-refractivity contribution in [2.75, 3.05) is 13.2 Å². The van der Waals surface area contributed by atoms with Crippen molar-refractivity contribution in [2.24, 2.45) is 7.05 Å². The van der Waals surface area contributed by atoms with Crippen LogP contribution in [0.15, 0.2) is 12.3 Å². The van der Waals surface area contributed by atoms with Crippen molar-refractivity contribution in [3.05, 3.63) is 18.0 Å². The minimum Gasteiger partial charge on any atom is -0.372 e. The Kier molecular flexibility index (Phi) is 4.68. The number of Topliss-reactive ketones (excluding diaryl/α,β-unsaturated/α-hetero) is 1. The molecule has 17 heavy (non-hydrogen) atoms. The fourth-order valence-electron chi connectivity index (χ4n) is 1.22. The Hall–Kier alpha value is -1.37.